The lowest BCUT2D eigenvalue weighted by molar-refractivity contribution is 0.116. The summed E-state index contributed by atoms with van der Waals surface area (Å²) in [5.41, 5.74) is 1.26. The van der Waals surface area contributed by atoms with Gasteiger partial charge in [-0.3, -0.25) is 0 Å². The van der Waals surface area contributed by atoms with Crippen LogP contribution in [0.25, 0.3) is 0 Å². The third kappa shape index (κ3) is 4.17. The zero-order valence-electron chi connectivity index (χ0n) is 11.4. The molecule has 1 heterocycles. The van der Waals surface area contributed by atoms with E-state index < -0.39 is 6.10 Å². The van der Waals surface area contributed by atoms with Crippen molar-refractivity contribution in [2.45, 2.75) is 39.2 Å². The standard InChI is InChI=1S/C15H20N2O2/c1-11(2)13(18)10-15-16-14(17-19-15)9-8-12-6-4-3-5-7-12/h3-7,11,13,18H,8-10H2,1-2H3. The van der Waals surface area contributed by atoms with E-state index in [9.17, 15) is 5.11 Å². The van der Waals surface area contributed by atoms with E-state index >= 15 is 0 Å². The molecule has 102 valence electrons. The van der Waals surface area contributed by atoms with Gasteiger partial charge in [-0.2, -0.15) is 4.98 Å². The number of hydrogen-bond acceptors (Lipinski definition) is 4. The highest BCUT2D eigenvalue weighted by molar-refractivity contribution is 5.15. The van der Waals surface area contributed by atoms with Gasteiger partial charge in [-0.15, -0.1) is 0 Å². The highest BCUT2D eigenvalue weighted by Crippen LogP contribution is 2.10. The maximum Gasteiger partial charge on any atom is 0.229 e. The fraction of sp³-hybridized carbons (Fsp3) is 0.467. The molecule has 0 aliphatic carbocycles. The summed E-state index contributed by atoms with van der Waals surface area (Å²) in [5.74, 6) is 1.42. The average molecular weight is 260 g/mol. The molecule has 0 bridgehead atoms. The van der Waals surface area contributed by atoms with Crippen molar-refractivity contribution in [2.24, 2.45) is 5.92 Å². The van der Waals surface area contributed by atoms with Crippen molar-refractivity contribution in [2.75, 3.05) is 0 Å². The largest absolute Gasteiger partial charge is 0.392 e. The molecule has 2 rings (SSSR count). The van der Waals surface area contributed by atoms with Crippen LogP contribution >= 0.6 is 0 Å². The first-order valence-electron chi connectivity index (χ1n) is 6.68. The Hall–Kier alpha value is -1.68. The lowest BCUT2D eigenvalue weighted by Crippen LogP contribution is -2.17. The van der Waals surface area contributed by atoms with Crippen LogP contribution in [0.2, 0.25) is 0 Å². The normalized spacial score (nSPS) is 12.8. The van der Waals surface area contributed by atoms with Gasteiger partial charge in [0.05, 0.1) is 12.5 Å². The number of aliphatic hydroxyl groups excluding tert-OH is 1. The van der Waals surface area contributed by atoms with Crippen LogP contribution in [0.15, 0.2) is 34.9 Å². The number of nitrogens with zero attached hydrogens (tertiary/aromatic N) is 2. The first kappa shape index (κ1) is 13.7. The van der Waals surface area contributed by atoms with Crippen LogP contribution in [-0.2, 0) is 19.3 Å². The Morgan fingerprint density at radius 1 is 1.16 bits per heavy atom. The van der Waals surface area contributed by atoms with E-state index in [4.69, 9.17) is 4.52 Å². The number of benzene rings is 1. The van der Waals surface area contributed by atoms with Gasteiger partial charge in [-0.05, 0) is 17.9 Å². The molecule has 1 aromatic carbocycles. The van der Waals surface area contributed by atoms with Gasteiger partial charge in [0.15, 0.2) is 5.82 Å². The fourth-order valence-electron chi connectivity index (χ4n) is 1.79. The summed E-state index contributed by atoms with van der Waals surface area (Å²) in [4.78, 5) is 4.31. The smallest absolute Gasteiger partial charge is 0.229 e. The van der Waals surface area contributed by atoms with E-state index in [-0.39, 0.29) is 5.92 Å². The monoisotopic (exact) mass is 260 g/mol. The number of rotatable bonds is 6. The third-order valence-electron chi connectivity index (χ3n) is 3.14. The van der Waals surface area contributed by atoms with Crippen molar-refractivity contribution in [1.82, 2.24) is 10.1 Å². The average Bonchev–Trinajstić information content (AvgIpc) is 2.85. The van der Waals surface area contributed by atoms with Crippen LogP contribution in [0.3, 0.4) is 0 Å². The van der Waals surface area contributed by atoms with Gasteiger partial charge in [-0.1, -0.05) is 49.3 Å². The van der Waals surface area contributed by atoms with Crippen LogP contribution in [0, 0.1) is 5.92 Å². The van der Waals surface area contributed by atoms with E-state index in [0.717, 1.165) is 12.8 Å². The molecule has 0 fully saturated rings. The predicted octanol–water partition coefficient (Wildman–Crippen LogP) is 2.41. The Morgan fingerprint density at radius 2 is 1.89 bits per heavy atom. The van der Waals surface area contributed by atoms with Gasteiger partial charge in [0.1, 0.15) is 0 Å². The van der Waals surface area contributed by atoms with Crippen molar-refractivity contribution in [1.29, 1.82) is 0 Å². The lowest BCUT2D eigenvalue weighted by Gasteiger charge is -2.10. The molecule has 1 N–H and O–H groups in total. The minimum absolute atomic E-state index is 0.194. The molecule has 1 unspecified atom stereocenters. The number of aryl methyl sites for hydroxylation is 2. The van der Waals surface area contributed by atoms with E-state index in [1.54, 1.807) is 0 Å². The molecular weight excluding hydrogens is 240 g/mol. The first-order chi connectivity index (χ1) is 9.15. The molecule has 19 heavy (non-hydrogen) atoms. The zero-order valence-corrected chi connectivity index (χ0v) is 11.4. The van der Waals surface area contributed by atoms with Gasteiger partial charge in [0, 0.05) is 6.42 Å². The minimum atomic E-state index is -0.428. The second kappa shape index (κ2) is 6.48. The third-order valence-corrected chi connectivity index (χ3v) is 3.14. The predicted molar refractivity (Wildman–Crippen MR) is 72.7 cm³/mol. The molecule has 0 aliphatic heterocycles. The van der Waals surface area contributed by atoms with Crippen LogP contribution in [0.1, 0.15) is 31.1 Å². The molecule has 0 spiro atoms. The molecule has 4 heteroatoms. The molecular formula is C15H20N2O2. The molecule has 0 saturated carbocycles. The minimum Gasteiger partial charge on any atom is -0.392 e. The molecule has 0 aliphatic rings. The second-order valence-corrected chi connectivity index (χ2v) is 5.11. The lowest BCUT2D eigenvalue weighted by atomic mass is 10.0. The second-order valence-electron chi connectivity index (χ2n) is 5.11. The molecule has 0 radical (unpaired) electrons. The Labute approximate surface area is 113 Å². The maximum absolute atomic E-state index is 9.77. The van der Waals surface area contributed by atoms with Crippen molar-refractivity contribution >= 4 is 0 Å². The van der Waals surface area contributed by atoms with Gasteiger partial charge in [-0.25, -0.2) is 0 Å². The van der Waals surface area contributed by atoms with E-state index in [0.29, 0.717) is 18.1 Å². The van der Waals surface area contributed by atoms with Crippen molar-refractivity contribution in [3.63, 3.8) is 0 Å². The van der Waals surface area contributed by atoms with Gasteiger partial charge < -0.3 is 9.63 Å². The summed E-state index contributed by atoms with van der Waals surface area (Å²) in [6.45, 7) is 3.94. The molecule has 2 aromatic rings. The summed E-state index contributed by atoms with van der Waals surface area (Å²) in [6, 6.07) is 10.2. The molecule has 0 saturated heterocycles. The van der Waals surface area contributed by atoms with E-state index in [2.05, 4.69) is 22.3 Å². The molecule has 0 amide bonds. The summed E-state index contributed by atoms with van der Waals surface area (Å²) < 4.78 is 5.15. The fourth-order valence-corrected chi connectivity index (χ4v) is 1.79. The van der Waals surface area contributed by atoms with Crippen molar-refractivity contribution < 1.29 is 9.63 Å². The van der Waals surface area contributed by atoms with Gasteiger partial charge in [0.2, 0.25) is 5.89 Å². The number of aromatic nitrogens is 2. The summed E-state index contributed by atoms with van der Waals surface area (Å²) in [7, 11) is 0. The van der Waals surface area contributed by atoms with Crippen LogP contribution in [-0.4, -0.2) is 21.4 Å². The van der Waals surface area contributed by atoms with Gasteiger partial charge >= 0.3 is 0 Å². The number of hydrogen-bond donors (Lipinski definition) is 1. The summed E-state index contributed by atoms with van der Waals surface area (Å²) >= 11 is 0. The first-order valence-corrected chi connectivity index (χ1v) is 6.68. The highest BCUT2D eigenvalue weighted by atomic mass is 16.5. The Kier molecular flexibility index (Phi) is 4.68. The molecule has 1 atom stereocenters. The molecule has 4 nitrogen and oxygen atoms in total. The van der Waals surface area contributed by atoms with Crippen LogP contribution < -0.4 is 0 Å². The van der Waals surface area contributed by atoms with Crippen LogP contribution in [0.4, 0.5) is 0 Å². The van der Waals surface area contributed by atoms with Crippen LogP contribution in [0.5, 0.6) is 0 Å². The summed E-state index contributed by atoms with van der Waals surface area (Å²) in [5, 5.41) is 13.7. The Bertz CT molecular complexity index is 494. The van der Waals surface area contributed by atoms with Gasteiger partial charge in [0.25, 0.3) is 0 Å². The van der Waals surface area contributed by atoms with Crippen molar-refractivity contribution in [3.05, 3.63) is 47.6 Å². The Morgan fingerprint density at radius 3 is 2.58 bits per heavy atom. The topological polar surface area (TPSA) is 59.2 Å². The van der Waals surface area contributed by atoms with Crippen molar-refractivity contribution in [3.8, 4) is 0 Å². The summed E-state index contributed by atoms with van der Waals surface area (Å²) in [6.07, 6.45) is 1.65. The zero-order chi connectivity index (χ0) is 13.7. The number of aliphatic hydroxyl groups is 1. The quantitative estimate of drug-likeness (QED) is 0.866. The Balaban J connectivity index is 1.87. The van der Waals surface area contributed by atoms with E-state index in [1.165, 1.54) is 5.56 Å². The molecule has 1 aromatic heterocycles. The maximum atomic E-state index is 9.77. The van der Waals surface area contributed by atoms with E-state index in [1.807, 2.05) is 32.0 Å². The SMILES string of the molecule is CC(C)C(O)Cc1nc(CCc2ccccc2)no1. The highest BCUT2D eigenvalue weighted by Gasteiger charge is 2.15.